The lowest BCUT2D eigenvalue weighted by atomic mass is 10.1. The minimum atomic E-state index is -0.629. The standard InChI is InChI=1S/C16H25N5O3/c1-11-8-12(2)21(17-11)10-15(23)19-6-7-20(13(3)22)14(9-19)16(24)18(4)5/h8,14H,6-7,9-10H2,1-5H3/t14-/m1/s1. The van der Waals surface area contributed by atoms with Crippen molar-refractivity contribution in [1.29, 1.82) is 0 Å². The number of nitrogens with zero attached hydrogens (tertiary/aromatic N) is 5. The summed E-state index contributed by atoms with van der Waals surface area (Å²) in [5.74, 6) is -0.421. The van der Waals surface area contributed by atoms with Gasteiger partial charge in [0, 0.05) is 39.8 Å². The number of carbonyl (C=O) groups is 3. The fourth-order valence-electron chi connectivity index (χ4n) is 2.96. The van der Waals surface area contributed by atoms with Crippen molar-refractivity contribution >= 4 is 17.7 Å². The summed E-state index contributed by atoms with van der Waals surface area (Å²) >= 11 is 0. The Bertz CT molecular complexity index is 652. The number of aryl methyl sites for hydroxylation is 2. The summed E-state index contributed by atoms with van der Waals surface area (Å²) in [6.45, 7) is 6.38. The third-order valence-electron chi connectivity index (χ3n) is 4.25. The number of hydrogen-bond acceptors (Lipinski definition) is 4. The fraction of sp³-hybridized carbons (Fsp3) is 0.625. The predicted molar refractivity (Wildman–Crippen MR) is 88.2 cm³/mol. The third-order valence-corrected chi connectivity index (χ3v) is 4.25. The van der Waals surface area contributed by atoms with Crippen molar-refractivity contribution in [2.24, 2.45) is 0 Å². The molecule has 1 aromatic rings. The van der Waals surface area contributed by atoms with Crippen LogP contribution < -0.4 is 0 Å². The van der Waals surface area contributed by atoms with Crippen molar-refractivity contribution in [3.63, 3.8) is 0 Å². The molecule has 1 saturated heterocycles. The zero-order chi connectivity index (χ0) is 18.0. The fourth-order valence-corrected chi connectivity index (χ4v) is 2.96. The molecule has 0 unspecified atom stereocenters. The first-order valence-corrected chi connectivity index (χ1v) is 7.98. The zero-order valence-electron chi connectivity index (χ0n) is 14.9. The Hall–Kier alpha value is -2.38. The van der Waals surface area contributed by atoms with Crippen LogP contribution in [0.25, 0.3) is 0 Å². The maximum Gasteiger partial charge on any atom is 0.246 e. The van der Waals surface area contributed by atoms with E-state index in [4.69, 9.17) is 0 Å². The van der Waals surface area contributed by atoms with Gasteiger partial charge < -0.3 is 14.7 Å². The molecule has 1 fully saturated rings. The Morgan fingerprint density at radius 2 is 1.92 bits per heavy atom. The summed E-state index contributed by atoms with van der Waals surface area (Å²) in [6, 6.07) is 1.29. The molecule has 8 heteroatoms. The number of rotatable bonds is 3. The number of carbonyl (C=O) groups excluding carboxylic acids is 3. The summed E-state index contributed by atoms with van der Waals surface area (Å²) in [7, 11) is 3.30. The topological polar surface area (TPSA) is 78.8 Å². The van der Waals surface area contributed by atoms with Crippen LogP contribution in [0.3, 0.4) is 0 Å². The summed E-state index contributed by atoms with van der Waals surface area (Å²) in [5, 5.41) is 4.30. The van der Waals surface area contributed by atoms with Crippen LogP contribution in [0.1, 0.15) is 18.3 Å². The van der Waals surface area contributed by atoms with Crippen molar-refractivity contribution < 1.29 is 14.4 Å². The number of aromatic nitrogens is 2. The molecule has 8 nitrogen and oxygen atoms in total. The first-order chi connectivity index (χ1) is 11.2. The maximum atomic E-state index is 12.6. The first kappa shape index (κ1) is 18.0. The molecule has 0 radical (unpaired) electrons. The summed E-state index contributed by atoms with van der Waals surface area (Å²) in [4.78, 5) is 41.4. The normalized spacial score (nSPS) is 17.8. The van der Waals surface area contributed by atoms with Gasteiger partial charge in [-0.25, -0.2) is 0 Å². The van der Waals surface area contributed by atoms with E-state index >= 15 is 0 Å². The third kappa shape index (κ3) is 3.74. The van der Waals surface area contributed by atoms with E-state index < -0.39 is 6.04 Å². The van der Waals surface area contributed by atoms with Crippen molar-refractivity contribution in [3.05, 3.63) is 17.5 Å². The Morgan fingerprint density at radius 1 is 1.25 bits per heavy atom. The summed E-state index contributed by atoms with van der Waals surface area (Å²) in [6.07, 6.45) is 0. The van der Waals surface area contributed by atoms with Gasteiger partial charge in [-0.05, 0) is 19.9 Å². The Labute approximate surface area is 142 Å². The zero-order valence-corrected chi connectivity index (χ0v) is 14.9. The first-order valence-electron chi connectivity index (χ1n) is 7.98. The minimum absolute atomic E-state index is 0.0963. The van der Waals surface area contributed by atoms with Gasteiger partial charge in [-0.1, -0.05) is 0 Å². The van der Waals surface area contributed by atoms with Gasteiger partial charge in [0.2, 0.25) is 17.7 Å². The van der Waals surface area contributed by atoms with E-state index in [1.807, 2.05) is 19.9 Å². The molecular formula is C16H25N5O3. The average molecular weight is 335 g/mol. The van der Waals surface area contributed by atoms with Crippen LogP contribution in [0.2, 0.25) is 0 Å². The molecular weight excluding hydrogens is 310 g/mol. The number of hydrogen-bond donors (Lipinski definition) is 0. The molecule has 2 rings (SSSR count). The van der Waals surface area contributed by atoms with Gasteiger partial charge in [-0.2, -0.15) is 5.10 Å². The minimum Gasteiger partial charge on any atom is -0.347 e. The highest BCUT2D eigenvalue weighted by Gasteiger charge is 2.36. The van der Waals surface area contributed by atoms with Gasteiger partial charge in [0.1, 0.15) is 12.6 Å². The van der Waals surface area contributed by atoms with Crippen LogP contribution in [-0.2, 0) is 20.9 Å². The van der Waals surface area contributed by atoms with Crippen molar-refractivity contribution in [2.45, 2.75) is 33.4 Å². The van der Waals surface area contributed by atoms with E-state index in [2.05, 4.69) is 5.10 Å². The Kier molecular flexibility index (Phi) is 5.26. The van der Waals surface area contributed by atoms with E-state index in [1.54, 1.807) is 23.7 Å². The average Bonchev–Trinajstić information content (AvgIpc) is 2.83. The predicted octanol–water partition coefficient (Wildman–Crippen LogP) is -0.353. The van der Waals surface area contributed by atoms with Gasteiger partial charge in [-0.15, -0.1) is 0 Å². The van der Waals surface area contributed by atoms with Gasteiger partial charge in [-0.3, -0.25) is 19.1 Å². The van der Waals surface area contributed by atoms with Crippen molar-refractivity contribution in [3.8, 4) is 0 Å². The smallest absolute Gasteiger partial charge is 0.246 e. The van der Waals surface area contributed by atoms with E-state index in [9.17, 15) is 14.4 Å². The maximum absolute atomic E-state index is 12.6. The monoisotopic (exact) mass is 335 g/mol. The van der Waals surface area contributed by atoms with E-state index in [0.29, 0.717) is 13.1 Å². The van der Waals surface area contributed by atoms with Crippen LogP contribution in [-0.4, -0.2) is 82.0 Å². The Morgan fingerprint density at radius 3 is 2.42 bits per heavy atom. The number of likely N-dealkylation sites (N-methyl/N-ethyl adjacent to an activating group) is 1. The lowest BCUT2D eigenvalue weighted by Gasteiger charge is -2.41. The van der Waals surface area contributed by atoms with Crippen LogP contribution in [0.5, 0.6) is 0 Å². The van der Waals surface area contributed by atoms with Crippen molar-refractivity contribution in [2.75, 3.05) is 33.7 Å². The Balaban J connectivity index is 2.11. The van der Waals surface area contributed by atoms with E-state index in [1.165, 1.54) is 16.7 Å². The van der Waals surface area contributed by atoms with Crippen LogP contribution >= 0.6 is 0 Å². The molecule has 0 saturated carbocycles. The quantitative estimate of drug-likeness (QED) is 0.756. The molecule has 24 heavy (non-hydrogen) atoms. The lowest BCUT2D eigenvalue weighted by Crippen LogP contribution is -2.61. The van der Waals surface area contributed by atoms with Crippen LogP contribution in [0.15, 0.2) is 6.07 Å². The lowest BCUT2D eigenvalue weighted by molar-refractivity contribution is -0.150. The van der Waals surface area contributed by atoms with Crippen LogP contribution in [0, 0.1) is 13.8 Å². The van der Waals surface area contributed by atoms with E-state index in [0.717, 1.165) is 11.4 Å². The highest BCUT2D eigenvalue weighted by atomic mass is 16.2. The molecule has 0 N–H and O–H groups in total. The summed E-state index contributed by atoms with van der Waals surface area (Å²) < 4.78 is 1.66. The second-order valence-corrected chi connectivity index (χ2v) is 6.39. The molecule has 0 aliphatic carbocycles. The number of piperazine rings is 1. The highest BCUT2D eigenvalue weighted by molar-refractivity contribution is 5.88. The molecule has 1 atom stereocenters. The van der Waals surface area contributed by atoms with Gasteiger partial charge in [0.15, 0.2) is 0 Å². The molecule has 2 heterocycles. The summed E-state index contributed by atoms with van der Waals surface area (Å²) in [5.41, 5.74) is 1.78. The molecule has 0 bridgehead atoms. The van der Waals surface area contributed by atoms with Gasteiger partial charge in [0.05, 0.1) is 12.2 Å². The van der Waals surface area contributed by atoms with Gasteiger partial charge in [0.25, 0.3) is 0 Å². The molecule has 3 amide bonds. The van der Waals surface area contributed by atoms with Crippen molar-refractivity contribution in [1.82, 2.24) is 24.5 Å². The molecule has 0 aromatic carbocycles. The van der Waals surface area contributed by atoms with Gasteiger partial charge >= 0.3 is 0 Å². The molecule has 1 aliphatic heterocycles. The largest absolute Gasteiger partial charge is 0.347 e. The second kappa shape index (κ2) is 7.02. The molecule has 132 valence electrons. The molecule has 1 aliphatic rings. The molecule has 0 spiro atoms. The SMILES string of the molecule is CC(=O)N1CCN(C(=O)Cn2nc(C)cc2C)C[C@@H]1C(=O)N(C)C. The highest BCUT2D eigenvalue weighted by Crippen LogP contribution is 2.13. The molecule has 1 aromatic heterocycles. The van der Waals surface area contributed by atoms with E-state index in [-0.39, 0.29) is 30.8 Å². The second-order valence-electron chi connectivity index (χ2n) is 6.39. The number of amides is 3. The van der Waals surface area contributed by atoms with Crippen LogP contribution in [0.4, 0.5) is 0 Å².